The summed E-state index contributed by atoms with van der Waals surface area (Å²) in [5.74, 6) is -7.60. The van der Waals surface area contributed by atoms with Crippen molar-refractivity contribution in [1.82, 2.24) is 0 Å². The molecular formula is C84H57I6N3O23-12. The number of rotatable bonds is 24. The van der Waals surface area contributed by atoms with Gasteiger partial charge >= 0.3 is 731 Å². The van der Waals surface area contributed by atoms with E-state index in [2.05, 4.69) is 4.74 Å². The number of benzene rings is 12. The zero-order chi connectivity index (χ0) is 84.4. The molecule has 0 heterocycles. The first-order valence-corrected chi connectivity index (χ1v) is 46.0. The second-order valence-electron chi connectivity index (χ2n) is 22.5. The van der Waals surface area contributed by atoms with Crippen LogP contribution in [-0.2, 0) is 9.53 Å². The van der Waals surface area contributed by atoms with Crippen molar-refractivity contribution in [3.8, 4) is 5.75 Å². The number of non-ortho nitro benzene ring substituents is 3. The van der Waals surface area contributed by atoms with E-state index in [4.69, 9.17) is 4.74 Å². The molecule has 600 valence electrons. The van der Waals surface area contributed by atoms with E-state index in [0.29, 0.717) is 27.6 Å². The zero-order valence-electron chi connectivity index (χ0n) is 60.2. The number of carboxylic acids is 6. The minimum absolute atomic E-state index is 0.0168. The molecule has 12 aromatic rings. The Balaban J connectivity index is 0.000000192. The first-order chi connectivity index (χ1) is 55.5. The SMILES string of the molecule is CC(=O)Oc1ccc([I-]c2ccccc2C(=O)[O-])cc1.CC(=O)c1ccc([I-]c2ccccc2C(=O)[O-])cc1.COC(=O)c1ccc([I-]c2ccccc2C(=O)[O-])cc1.O=C([O-])c1cc([N+](=O)[O-])ccc1[I-]c1ccccc1.O=C([O-])c1ccc([N+](=O)[O-])cc1[I-]c1ccccc1.O=C([O-])c1ccccc1[I-]c1cccc([N+](=O)[O-])c1. The molecule has 0 aromatic heterocycles. The van der Waals surface area contributed by atoms with E-state index in [1.54, 1.807) is 115 Å². The fraction of sp³-hybridized carbons (Fsp3) is 0.0357. The van der Waals surface area contributed by atoms with Crippen LogP contribution in [-0.4, -0.2) is 75.4 Å². The number of carboxylic acid groups (broad SMARTS) is 6. The van der Waals surface area contributed by atoms with E-state index in [1.807, 2.05) is 121 Å². The van der Waals surface area contributed by atoms with Gasteiger partial charge in [-0.2, -0.15) is 0 Å². The Morgan fingerprint density at radius 3 is 0.931 bits per heavy atom. The van der Waals surface area contributed by atoms with Crippen molar-refractivity contribution in [2.45, 2.75) is 13.8 Å². The summed E-state index contributed by atoms with van der Waals surface area (Å²) in [6.07, 6.45) is 0. The fourth-order valence-electron chi connectivity index (χ4n) is 9.12. The van der Waals surface area contributed by atoms with Crippen molar-refractivity contribution in [2.24, 2.45) is 0 Å². The molecular weight excluding hydrogens is 2180 g/mol. The van der Waals surface area contributed by atoms with E-state index in [-0.39, 0.29) is 68.2 Å². The van der Waals surface area contributed by atoms with Crippen LogP contribution in [0.1, 0.15) is 96.7 Å². The summed E-state index contributed by atoms with van der Waals surface area (Å²) in [5, 5.41) is 98.3. The predicted molar refractivity (Wildman–Crippen MR) is 380 cm³/mol. The van der Waals surface area contributed by atoms with Crippen LogP contribution in [0.3, 0.4) is 0 Å². The van der Waals surface area contributed by atoms with Crippen LogP contribution in [0.25, 0.3) is 0 Å². The van der Waals surface area contributed by atoms with Gasteiger partial charge in [-0.05, 0) is 0 Å². The number of esters is 2. The van der Waals surface area contributed by atoms with Crippen LogP contribution >= 0.6 is 0 Å². The third-order valence-electron chi connectivity index (χ3n) is 14.5. The number of halogens is 6. The van der Waals surface area contributed by atoms with Crippen molar-refractivity contribution < 1.29 is 225 Å². The summed E-state index contributed by atoms with van der Waals surface area (Å²) in [6.45, 7) is 2.87. The van der Waals surface area contributed by atoms with Crippen molar-refractivity contribution >= 4 is 70.6 Å². The Bertz CT molecular complexity index is 5550. The van der Waals surface area contributed by atoms with Gasteiger partial charge in [-0.1, -0.05) is 0 Å². The molecule has 0 saturated heterocycles. The van der Waals surface area contributed by atoms with Crippen LogP contribution in [0.5, 0.6) is 5.75 Å². The van der Waals surface area contributed by atoms with E-state index in [9.17, 15) is 104 Å². The number of hydrogen-bond donors (Lipinski definition) is 0. The molecule has 32 heteroatoms. The first-order valence-electron chi connectivity index (χ1n) is 33.0. The topological polar surface area (TPSA) is 440 Å². The number of carbonyl (C=O) groups is 9. The monoisotopic (exact) mass is 2240 g/mol. The van der Waals surface area contributed by atoms with Gasteiger partial charge in [-0.25, -0.2) is 0 Å². The Labute approximate surface area is 723 Å². The Morgan fingerprint density at radius 1 is 0.276 bits per heavy atom. The van der Waals surface area contributed by atoms with Crippen LogP contribution in [0.15, 0.2) is 291 Å². The quantitative estimate of drug-likeness (QED) is 0.0135. The van der Waals surface area contributed by atoms with Gasteiger partial charge in [0, 0.05) is 0 Å². The third kappa shape index (κ3) is 29.8. The molecule has 26 nitrogen and oxygen atoms in total. The van der Waals surface area contributed by atoms with Gasteiger partial charge in [0.25, 0.3) is 0 Å². The van der Waals surface area contributed by atoms with Crippen LogP contribution in [0.4, 0.5) is 17.1 Å². The zero-order valence-corrected chi connectivity index (χ0v) is 73.2. The molecule has 0 N–H and O–H groups in total. The van der Waals surface area contributed by atoms with Crippen molar-refractivity contribution in [3.05, 3.63) is 409 Å². The molecule has 12 rings (SSSR count). The number of ketones is 1. The molecule has 0 radical (unpaired) electrons. The Hall–Kier alpha value is -11.4. The van der Waals surface area contributed by atoms with Crippen molar-refractivity contribution in [3.63, 3.8) is 0 Å². The number of nitro benzene ring substituents is 3. The number of nitro groups is 3. The van der Waals surface area contributed by atoms with E-state index in [1.165, 1.54) is 69.5 Å². The standard InChI is InChI=1S/2C15H12IO4.C15H12IO3.3C13H9INO4/c1-20-15(19)10-6-8-11(9-7-10)16-13-5-3-2-4-12(13)14(17)18;1-10(17)20-12-8-6-11(7-9-12)16-14-5-3-2-4-13(14)15(18)19;1-10(17)11-6-8-12(9-7-11)16-14-5-3-2-4-13(14)15(18)19;16-13(17)11-6-1-2-7-12(11)14-9-4-3-5-10(8-9)15(18)19;16-13(17)11-8-10(15(18)19)6-7-12(11)14-9-4-2-1-3-5-9;16-13(17)11-7-6-10(15(18)19)8-12(11)14-9-4-2-1-3-5-9/h2-9H,1H3,(H,17,18);2-9H,1H3,(H,18,19);2-9H,1H3,(H,18,19);3*1-8H,(H,16,17)/q6*-1/p-6. The molecule has 0 aliphatic rings. The van der Waals surface area contributed by atoms with Gasteiger partial charge < -0.3 is 0 Å². The van der Waals surface area contributed by atoms with Crippen LogP contribution < -0.4 is 163 Å². The average molecular weight is 2240 g/mol. The molecule has 0 aliphatic carbocycles. The van der Waals surface area contributed by atoms with Crippen LogP contribution in [0.2, 0.25) is 0 Å². The number of carbonyl (C=O) groups excluding carboxylic acids is 9. The fourth-order valence-corrected chi connectivity index (χ4v) is 24.2. The van der Waals surface area contributed by atoms with Gasteiger partial charge in [-0.15, -0.1) is 0 Å². The Morgan fingerprint density at radius 2 is 0.569 bits per heavy atom. The number of Topliss-reactive ketones (excluding diaryl/α,β-unsaturated/α-hetero) is 1. The number of methoxy groups -OCH3 is 1. The van der Waals surface area contributed by atoms with Crippen molar-refractivity contribution in [2.75, 3.05) is 7.11 Å². The predicted octanol–water partition coefficient (Wildman–Crippen LogP) is -11.3. The molecule has 116 heavy (non-hydrogen) atoms. The van der Waals surface area contributed by atoms with E-state index >= 15 is 0 Å². The summed E-state index contributed by atoms with van der Waals surface area (Å²) >= 11 is -4.14. The van der Waals surface area contributed by atoms with Gasteiger partial charge in [0.2, 0.25) is 0 Å². The first kappa shape index (κ1) is 91.8. The average Bonchev–Trinajstić information content (AvgIpc) is 0.841. The maximum atomic E-state index is 11.3. The molecule has 12 aromatic carbocycles. The summed E-state index contributed by atoms with van der Waals surface area (Å²) in [7, 11) is 1.33. The third-order valence-corrected chi connectivity index (χ3v) is 31.6. The second-order valence-corrected chi connectivity index (χ2v) is 40.2. The summed E-state index contributed by atoms with van der Waals surface area (Å²) in [4.78, 5) is 130. The molecule has 0 fully saturated rings. The minimum atomic E-state index is -1.38. The Kier molecular flexibility index (Phi) is 37.1. The molecule has 0 bridgehead atoms. The van der Waals surface area contributed by atoms with Gasteiger partial charge in [0.05, 0.1) is 0 Å². The van der Waals surface area contributed by atoms with E-state index in [0.717, 1.165) is 38.2 Å². The van der Waals surface area contributed by atoms with E-state index < -0.39 is 178 Å². The van der Waals surface area contributed by atoms with Gasteiger partial charge in [0.15, 0.2) is 0 Å². The normalized spacial score (nSPS) is 10.3. The molecule has 0 spiro atoms. The summed E-state index contributed by atoms with van der Waals surface area (Å²) < 4.78 is 19.7. The molecule has 0 unspecified atom stereocenters. The van der Waals surface area contributed by atoms with Gasteiger partial charge in [0.1, 0.15) is 0 Å². The summed E-state index contributed by atoms with van der Waals surface area (Å²) in [5.41, 5.74) is 1.65. The number of aromatic carboxylic acids is 6. The molecule has 0 amide bonds. The number of hydrogen-bond acceptors (Lipinski definition) is 23. The van der Waals surface area contributed by atoms with Gasteiger partial charge in [-0.3, -0.25) is 0 Å². The van der Waals surface area contributed by atoms with Crippen molar-refractivity contribution in [1.29, 1.82) is 0 Å². The molecule has 0 saturated carbocycles. The molecule has 0 atom stereocenters. The van der Waals surface area contributed by atoms with Crippen LogP contribution in [0, 0.1) is 73.2 Å². The second kappa shape index (κ2) is 46.9. The molecule has 0 aliphatic heterocycles. The maximum absolute atomic E-state index is 11.3. The number of nitrogens with zero attached hydrogens (tertiary/aromatic N) is 3. The summed E-state index contributed by atoms with van der Waals surface area (Å²) in [6, 6.07) is 81.3. The number of ether oxygens (including phenoxy) is 2.